The number of carboxylic acid groups (broad SMARTS) is 1. The molecule has 54 heavy (non-hydrogen) atoms. The van der Waals surface area contributed by atoms with Gasteiger partial charge in [-0.2, -0.15) is 13.2 Å². The topological polar surface area (TPSA) is 211 Å². The molecule has 1 aliphatic rings. The molecule has 2 aromatic heterocycles. The second kappa shape index (κ2) is 17.7. The summed E-state index contributed by atoms with van der Waals surface area (Å²) >= 11 is 0. The van der Waals surface area contributed by atoms with Gasteiger partial charge in [-0.25, -0.2) is 14.4 Å². The lowest BCUT2D eigenvalue weighted by Crippen LogP contribution is -2.52. The number of aromatic nitrogens is 3. The van der Waals surface area contributed by atoms with Crippen LogP contribution in [0.5, 0.6) is 0 Å². The summed E-state index contributed by atoms with van der Waals surface area (Å²) in [4.78, 5) is 68.1. The second-order valence-electron chi connectivity index (χ2n) is 13.7. The average molecular weight is 755 g/mol. The van der Waals surface area contributed by atoms with E-state index < -0.39 is 41.5 Å². The molecule has 2 aromatic carbocycles. The number of ether oxygens (including phenoxy) is 1. The number of hydrogen-bond acceptors (Lipinski definition) is 9. The van der Waals surface area contributed by atoms with E-state index in [1.54, 1.807) is 36.7 Å². The molecule has 288 valence electrons. The van der Waals surface area contributed by atoms with Gasteiger partial charge in [0.05, 0.1) is 0 Å². The number of amides is 3. The summed E-state index contributed by atoms with van der Waals surface area (Å²) in [6, 6.07) is 17.4. The van der Waals surface area contributed by atoms with Gasteiger partial charge < -0.3 is 20.9 Å². The molecule has 0 unspecified atom stereocenters. The lowest BCUT2D eigenvalue weighted by molar-refractivity contribution is -0.192. The SMILES string of the molecule is CC(C)(C)OC(=O)NC[C@H]1CC[C@H](C(=O)N(c2ccc(-c3noc(=O)[nH]3)cc2)[C@@H](Cc2ccc(-c3cccnc3)cc2)C(N)=O)CC1.O=C(O)C(F)(F)F. The van der Waals surface area contributed by atoms with Crippen molar-refractivity contribution < 1.29 is 46.7 Å². The number of nitrogens with one attached hydrogen (secondary N) is 2. The summed E-state index contributed by atoms with van der Waals surface area (Å²) in [6.45, 7) is 5.90. The zero-order valence-corrected chi connectivity index (χ0v) is 29.8. The highest BCUT2D eigenvalue weighted by atomic mass is 19.4. The fourth-order valence-corrected chi connectivity index (χ4v) is 5.86. The number of nitrogens with two attached hydrogens (primary N) is 1. The Morgan fingerprint density at radius 1 is 0.981 bits per heavy atom. The number of carboxylic acids is 1. The number of benzene rings is 2. The lowest BCUT2D eigenvalue weighted by atomic mass is 9.81. The third-order valence-electron chi connectivity index (χ3n) is 8.49. The predicted molar refractivity (Wildman–Crippen MR) is 190 cm³/mol. The van der Waals surface area contributed by atoms with Crippen molar-refractivity contribution in [3.05, 3.63) is 89.2 Å². The van der Waals surface area contributed by atoms with Crippen molar-refractivity contribution in [2.24, 2.45) is 17.6 Å². The van der Waals surface area contributed by atoms with Gasteiger partial charge in [0, 0.05) is 42.5 Å². The number of halogens is 3. The number of pyridine rings is 1. The first-order chi connectivity index (χ1) is 25.4. The lowest BCUT2D eigenvalue weighted by Gasteiger charge is -2.36. The van der Waals surface area contributed by atoms with Gasteiger partial charge >= 0.3 is 24.0 Å². The Kier molecular flexibility index (Phi) is 13.3. The van der Waals surface area contributed by atoms with Gasteiger partial charge in [-0.15, -0.1) is 0 Å². The Morgan fingerprint density at radius 3 is 2.09 bits per heavy atom. The standard InChI is InChI=1S/C35H40N6O6.C2HF3O2/c1-35(2,3)46-33(44)38-20-23-8-12-26(13-9-23)32(43)41(28-16-14-25(15-17-28)31-39-34(45)47-40-31)29(30(36)42)19-22-6-10-24(11-7-22)27-5-4-18-37-21-27;3-2(4,5)1(6)7/h4-7,10-11,14-18,21,23,26,29H,8-9,12-13,19-20H2,1-3H3,(H2,36,42)(H,38,44)(H,39,40,45);(H,6,7)/t23-,26-,29-;/m0./s1. The van der Waals surface area contributed by atoms with Crippen LogP contribution in [-0.4, -0.2) is 68.5 Å². The summed E-state index contributed by atoms with van der Waals surface area (Å²) < 4.78 is 41.7. The minimum absolute atomic E-state index is 0.193. The van der Waals surface area contributed by atoms with Gasteiger partial charge in [0.1, 0.15) is 11.6 Å². The minimum atomic E-state index is -5.08. The van der Waals surface area contributed by atoms with E-state index in [1.165, 1.54) is 4.90 Å². The molecule has 5 rings (SSSR count). The first kappa shape index (κ1) is 40.8. The van der Waals surface area contributed by atoms with E-state index in [0.717, 1.165) is 29.5 Å². The molecular formula is C37H41F3N6O8. The number of hydrogen-bond donors (Lipinski definition) is 4. The van der Waals surface area contributed by atoms with E-state index in [0.29, 0.717) is 30.6 Å². The Bertz CT molecular complexity index is 1930. The third-order valence-corrected chi connectivity index (χ3v) is 8.49. The van der Waals surface area contributed by atoms with Gasteiger partial charge in [-0.3, -0.25) is 29.0 Å². The van der Waals surface area contributed by atoms with Crippen LogP contribution < -0.4 is 21.7 Å². The largest absolute Gasteiger partial charge is 0.490 e. The van der Waals surface area contributed by atoms with Crippen molar-refractivity contribution in [3.63, 3.8) is 0 Å². The smallest absolute Gasteiger partial charge is 0.475 e. The zero-order chi connectivity index (χ0) is 39.6. The molecule has 0 saturated heterocycles. The third kappa shape index (κ3) is 11.8. The monoisotopic (exact) mass is 754 g/mol. The van der Waals surface area contributed by atoms with Crippen molar-refractivity contribution in [2.75, 3.05) is 11.4 Å². The number of carbonyl (C=O) groups is 4. The van der Waals surface area contributed by atoms with Crippen LogP contribution in [0.25, 0.3) is 22.5 Å². The number of primary amides is 1. The normalized spacial score (nSPS) is 16.3. The molecule has 0 spiro atoms. The van der Waals surface area contributed by atoms with Gasteiger partial charge in [-0.1, -0.05) is 35.5 Å². The molecule has 3 amide bonds. The highest BCUT2D eigenvalue weighted by Crippen LogP contribution is 2.33. The number of nitrogens with zero attached hydrogens (tertiary/aromatic N) is 3. The number of aliphatic carboxylic acids is 1. The van der Waals surface area contributed by atoms with Crippen LogP contribution in [0.2, 0.25) is 0 Å². The molecular weight excluding hydrogens is 713 g/mol. The quantitative estimate of drug-likeness (QED) is 0.160. The second-order valence-corrected chi connectivity index (χ2v) is 13.7. The maximum atomic E-state index is 14.3. The molecule has 2 heterocycles. The summed E-state index contributed by atoms with van der Waals surface area (Å²) in [7, 11) is 0. The van der Waals surface area contributed by atoms with Gasteiger partial charge in [0.15, 0.2) is 5.82 Å². The van der Waals surface area contributed by atoms with Crippen LogP contribution >= 0.6 is 0 Å². The first-order valence-electron chi connectivity index (χ1n) is 17.0. The predicted octanol–water partition coefficient (Wildman–Crippen LogP) is 5.49. The molecule has 0 bridgehead atoms. The van der Waals surface area contributed by atoms with E-state index in [2.05, 4.69) is 25.0 Å². The fourth-order valence-electron chi connectivity index (χ4n) is 5.86. The van der Waals surface area contributed by atoms with Crippen molar-refractivity contribution in [1.82, 2.24) is 20.4 Å². The Labute approximate surface area is 307 Å². The number of anilines is 1. The maximum absolute atomic E-state index is 14.3. The molecule has 1 aliphatic carbocycles. The first-order valence-corrected chi connectivity index (χ1v) is 17.0. The Morgan fingerprint density at radius 2 is 1.59 bits per heavy atom. The van der Waals surface area contributed by atoms with E-state index in [9.17, 15) is 32.3 Å². The molecule has 1 fully saturated rings. The summed E-state index contributed by atoms with van der Waals surface area (Å²) in [5.74, 6) is -4.15. The van der Waals surface area contributed by atoms with E-state index in [-0.39, 0.29) is 30.0 Å². The number of H-pyrrole nitrogens is 1. The van der Waals surface area contributed by atoms with Gasteiger partial charge in [0.2, 0.25) is 11.8 Å². The van der Waals surface area contributed by atoms with Crippen LogP contribution in [0.4, 0.5) is 23.7 Å². The van der Waals surface area contributed by atoms with E-state index >= 15 is 0 Å². The van der Waals surface area contributed by atoms with Gasteiger partial charge in [0.25, 0.3) is 0 Å². The maximum Gasteiger partial charge on any atom is 0.490 e. The number of alkyl halides is 3. The number of carbonyl (C=O) groups excluding carboxylic acids is 3. The van der Waals surface area contributed by atoms with Crippen LogP contribution in [0, 0.1) is 11.8 Å². The molecule has 1 atom stereocenters. The van der Waals surface area contributed by atoms with Crippen LogP contribution in [0.1, 0.15) is 52.0 Å². The molecule has 14 nitrogen and oxygen atoms in total. The Balaban J connectivity index is 0.000000845. The average Bonchev–Trinajstić information content (AvgIpc) is 3.56. The highest BCUT2D eigenvalue weighted by Gasteiger charge is 2.38. The molecule has 1 saturated carbocycles. The number of rotatable bonds is 10. The Hall–Kier alpha value is -6.00. The summed E-state index contributed by atoms with van der Waals surface area (Å²) in [6.07, 6.45) is 0.818. The minimum Gasteiger partial charge on any atom is -0.475 e. The van der Waals surface area contributed by atoms with E-state index in [1.807, 2.05) is 57.2 Å². The molecule has 5 N–H and O–H groups in total. The van der Waals surface area contributed by atoms with Crippen LogP contribution in [0.15, 0.2) is 82.4 Å². The van der Waals surface area contributed by atoms with Crippen molar-refractivity contribution >= 4 is 29.6 Å². The molecule has 4 aromatic rings. The number of alkyl carbamates (subject to hydrolysis) is 1. The number of aromatic amines is 1. The molecule has 17 heteroatoms. The van der Waals surface area contributed by atoms with Crippen molar-refractivity contribution in [1.29, 1.82) is 0 Å². The summed E-state index contributed by atoms with van der Waals surface area (Å²) in [5.41, 5.74) is 9.28. The van der Waals surface area contributed by atoms with Crippen molar-refractivity contribution in [3.8, 4) is 22.5 Å². The highest BCUT2D eigenvalue weighted by molar-refractivity contribution is 6.01. The molecule has 0 aliphatic heterocycles. The fraction of sp³-hybridized carbons (Fsp3) is 0.378. The van der Waals surface area contributed by atoms with Crippen molar-refractivity contribution in [2.45, 2.75) is 70.7 Å². The van der Waals surface area contributed by atoms with Crippen LogP contribution in [-0.2, 0) is 25.5 Å². The summed E-state index contributed by atoms with van der Waals surface area (Å²) in [5, 5.41) is 13.7. The zero-order valence-electron chi connectivity index (χ0n) is 29.8. The van der Waals surface area contributed by atoms with E-state index in [4.69, 9.17) is 20.4 Å². The van der Waals surface area contributed by atoms with Crippen LogP contribution in [0.3, 0.4) is 0 Å². The molecule has 0 radical (unpaired) electrons. The van der Waals surface area contributed by atoms with Gasteiger partial charge in [-0.05, 0) is 99.4 Å².